The summed E-state index contributed by atoms with van der Waals surface area (Å²) in [6.45, 7) is 0. The molecule has 0 amide bonds. The molecule has 14 heavy (non-hydrogen) atoms. The first-order chi connectivity index (χ1) is 6.77. The fourth-order valence-electron chi connectivity index (χ4n) is 1.40. The first-order valence-corrected chi connectivity index (χ1v) is 5.46. The molecule has 2 N–H and O–H groups in total. The van der Waals surface area contributed by atoms with Gasteiger partial charge >= 0.3 is 0 Å². The maximum Gasteiger partial charge on any atom is 0.0394 e. The molecule has 70 valence electrons. The molecule has 0 atom stereocenters. The molecule has 0 saturated heterocycles. The molecule has 2 heteroatoms. The maximum atomic E-state index is 5.92. The Morgan fingerprint density at radius 1 is 0.929 bits per heavy atom. The Bertz CT molecular complexity index is 437. The van der Waals surface area contributed by atoms with E-state index in [0.29, 0.717) is 0 Å². The van der Waals surface area contributed by atoms with Crippen LogP contribution >= 0.6 is 22.6 Å². The number of hydrogen-bond acceptors (Lipinski definition) is 1. The smallest absolute Gasteiger partial charge is 0.0394 e. The van der Waals surface area contributed by atoms with E-state index in [9.17, 15) is 0 Å². The third kappa shape index (κ3) is 1.90. The highest BCUT2D eigenvalue weighted by Crippen LogP contribution is 2.27. The third-order valence-electron chi connectivity index (χ3n) is 2.10. The van der Waals surface area contributed by atoms with Gasteiger partial charge in [-0.2, -0.15) is 0 Å². The van der Waals surface area contributed by atoms with Crippen molar-refractivity contribution in [3.8, 4) is 11.1 Å². The number of nitrogens with two attached hydrogens (primary N) is 1. The zero-order chi connectivity index (χ0) is 9.97. The van der Waals surface area contributed by atoms with Gasteiger partial charge in [-0.3, -0.25) is 0 Å². The van der Waals surface area contributed by atoms with E-state index in [-0.39, 0.29) is 0 Å². The van der Waals surface area contributed by atoms with Crippen LogP contribution in [0.5, 0.6) is 0 Å². The third-order valence-corrected chi connectivity index (χ3v) is 2.77. The van der Waals surface area contributed by atoms with Crippen LogP contribution in [0.25, 0.3) is 11.1 Å². The van der Waals surface area contributed by atoms with Gasteiger partial charge in [-0.25, -0.2) is 0 Å². The van der Waals surface area contributed by atoms with Gasteiger partial charge in [0.15, 0.2) is 0 Å². The number of nitrogen functional groups attached to an aromatic ring is 1. The highest BCUT2D eigenvalue weighted by atomic mass is 127. The molecule has 0 radical (unpaired) electrons. The van der Waals surface area contributed by atoms with Gasteiger partial charge in [-0.15, -0.1) is 0 Å². The highest BCUT2D eigenvalue weighted by Gasteiger charge is 2.01. The molecule has 0 aliphatic carbocycles. The maximum absolute atomic E-state index is 5.92. The van der Waals surface area contributed by atoms with Crippen molar-refractivity contribution in [3.05, 3.63) is 52.1 Å². The summed E-state index contributed by atoms with van der Waals surface area (Å²) in [7, 11) is 0. The average Bonchev–Trinajstić information content (AvgIpc) is 2.23. The van der Waals surface area contributed by atoms with E-state index in [0.717, 1.165) is 11.3 Å². The highest BCUT2D eigenvalue weighted by molar-refractivity contribution is 14.1. The number of halogens is 1. The second-order valence-corrected chi connectivity index (χ2v) is 4.34. The molecule has 2 rings (SSSR count). The Balaban J connectivity index is 2.57. The molecular weight excluding hydrogens is 285 g/mol. The minimum atomic E-state index is 0.830. The lowest BCUT2D eigenvalue weighted by Crippen LogP contribution is -1.90. The molecule has 0 bridgehead atoms. The van der Waals surface area contributed by atoms with Crippen molar-refractivity contribution in [1.29, 1.82) is 0 Å². The lowest BCUT2D eigenvalue weighted by atomic mass is 10.0. The van der Waals surface area contributed by atoms with E-state index < -0.39 is 0 Å². The van der Waals surface area contributed by atoms with Crippen molar-refractivity contribution in [3.63, 3.8) is 0 Å². The van der Waals surface area contributed by atoms with Gasteiger partial charge in [0.05, 0.1) is 0 Å². The fraction of sp³-hybridized carbons (Fsp3) is 0. The second kappa shape index (κ2) is 4.00. The van der Waals surface area contributed by atoms with Crippen molar-refractivity contribution in [1.82, 2.24) is 0 Å². The Morgan fingerprint density at radius 2 is 1.64 bits per heavy atom. The van der Waals surface area contributed by atoms with Gasteiger partial charge in [0.25, 0.3) is 0 Å². The normalized spacial score (nSPS) is 10.1. The summed E-state index contributed by atoms with van der Waals surface area (Å²) >= 11 is 2.29. The molecule has 0 aromatic heterocycles. The Kier molecular flexibility index (Phi) is 2.72. The Labute approximate surface area is 97.1 Å². The van der Waals surface area contributed by atoms with Crippen LogP contribution < -0.4 is 5.73 Å². The predicted octanol–water partition coefficient (Wildman–Crippen LogP) is 3.54. The van der Waals surface area contributed by atoms with Gasteiger partial charge in [0, 0.05) is 14.8 Å². The molecule has 2 aromatic rings. The summed E-state index contributed by atoms with van der Waals surface area (Å²) in [5.41, 5.74) is 9.03. The van der Waals surface area contributed by atoms with Crippen LogP contribution in [0, 0.1) is 3.57 Å². The number of benzene rings is 2. The molecule has 0 heterocycles. The van der Waals surface area contributed by atoms with Crippen molar-refractivity contribution < 1.29 is 0 Å². The largest absolute Gasteiger partial charge is 0.398 e. The topological polar surface area (TPSA) is 26.0 Å². The summed E-state index contributed by atoms with van der Waals surface area (Å²) in [5, 5.41) is 0. The lowest BCUT2D eigenvalue weighted by Gasteiger charge is -2.05. The van der Waals surface area contributed by atoms with E-state index in [1.807, 2.05) is 30.3 Å². The van der Waals surface area contributed by atoms with Gasteiger partial charge in [-0.05, 0) is 46.4 Å². The Morgan fingerprint density at radius 3 is 2.36 bits per heavy atom. The molecule has 0 unspecified atom stereocenters. The molecule has 0 spiro atoms. The summed E-state index contributed by atoms with van der Waals surface area (Å²) in [4.78, 5) is 0. The summed E-state index contributed by atoms with van der Waals surface area (Å²) in [6, 6.07) is 16.3. The summed E-state index contributed by atoms with van der Waals surface area (Å²) < 4.78 is 1.20. The molecule has 0 saturated carbocycles. The van der Waals surface area contributed by atoms with Crippen molar-refractivity contribution >= 4 is 28.3 Å². The monoisotopic (exact) mass is 295 g/mol. The Hall–Kier alpha value is -1.03. The van der Waals surface area contributed by atoms with Crippen molar-refractivity contribution in [2.75, 3.05) is 5.73 Å². The average molecular weight is 295 g/mol. The minimum Gasteiger partial charge on any atom is -0.398 e. The first kappa shape index (κ1) is 9.52. The van der Waals surface area contributed by atoms with Gasteiger partial charge in [0.1, 0.15) is 0 Å². The zero-order valence-electron chi connectivity index (χ0n) is 7.57. The van der Waals surface area contributed by atoms with E-state index in [1.54, 1.807) is 0 Å². The van der Waals surface area contributed by atoms with Gasteiger partial charge in [0.2, 0.25) is 0 Å². The standard InChI is InChI=1S/C12H10IN/c13-10-6-7-12(14)11(8-10)9-4-2-1-3-5-9/h1-8H,14H2. The van der Waals surface area contributed by atoms with Crippen molar-refractivity contribution in [2.45, 2.75) is 0 Å². The van der Waals surface area contributed by atoms with E-state index >= 15 is 0 Å². The van der Waals surface area contributed by atoms with Crippen LogP contribution in [-0.4, -0.2) is 0 Å². The summed E-state index contributed by atoms with van der Waals surface area (Å²) in [5.74, 6) is 0. The van der Waals surface area contributed by atoms with Gasteiger partial charge < -0.3 is 5.73 Å². The first-order valence-electron chi connectivity index (χ1n) is 4.38. The van der Waals surface area contributed by atoms with Crippen LogP contribution in [0.15, 0.2) is 48.5 Å². The minimum absolute atomic E-state index is 0.830. The van der Waals surface area contributed by atoms with Crippen LogP contribution in [0.3, 0.4) is 0 Å². The van der Waals surface area contributed by atoms with Crippen LogP contribution in [0.1, 0.15) is 0 Å². The molecule has 2 aromatic carbocycles. The molecule has 0 aliphatic heterocycles. The lowest BCUT2D eigenvalue weighted by molar-refractivity contribution is 1.58. The molecule has 1 nitrogen and oxygen atoms in total. The van der Waals surface area contributed by atoms with Crippen LogP contribution in [0.4, 0.5) is 5.69 Å². The SMILES string of the molecule is Nc1ccc(I)cc1-c1ccccc1. The molecule has 0 aliphatic rings. The van der Waals surface area contributed by atoms with Crippen molar-refractivity contribution in [2.24, 2.45) is 0 Å². The van der Waals surface area contributed by atoms with Crippen LogP contribution in [0.2, 0.25) is 0 Å². The van der Waals surface area contributed by atoms with E-state index in [1.165, 1.54) is 9.13 Å². The van der Waals surface area contributed by atoms with E-state index in [4.69, 9.17) is 5.73 Å². The fourth-order valence-corrected chi connectivity index (χ4v) is 1.89. The number of hydrogen-bond donors (Lipinski definition) is 1. The summed E-state index contributed by atoms with van der Waals surface area (Å²) in [6.07, 6.45) is 0. The number of rotatable bonds is 1. The predicted molar refractivity (Wildman–Crippen MR) is 69.0 cm³/mol. The number of anilines is 1. The van der Waals surface area contributed by atoms with Crippen LogP contribution in [-0.2, 0) is 0 Å². The van der Waals surface area contributed by atoms with E-state index in [2.05, 4.69) is 40.8 Å². The van der Waals surface area contributed by atoms with Gasteiger partial charge in [-0.1, -0.05) is 30.3 Å². The second-order valence-electron chi connectivity index (χ2n) is 3.10. The zero-order valence-corrected chi connectivity index (χ0v) is 9.73. The quantitative estimate of drug-likeness (QED) is 0.632. The molecule has 0 fully saturated rings. The molecular formula is C12H10IN.